The highest BCUT2D eigenvalue weighted by Crippen LogP contribution is 2.27. The molecule has 138 valence electrons. The number of carbonyl (C=O) groups excluding carboxylic acids is 2. The van der Waals surface area contributed by atoms with Gasteiger partial charge in [-0.3, -0.25) is 4.79 Å². The molecule has 1 atom stereocenters. The van der Waals surface area contributed by atoms with E-state index in [0.717, 1.165) is 0 Å². The Hall–Kier alpha value is -2.11. The molecule has 0 saturated heterocycles. The minimum atomic E-state index is -1.40. The van der Waals surface area contributed by atoms with Gasteiger partial charge >= 0.3 is 6.09 Å². The number of carbonyl (C=O) groups is 2. The number of nitrogens with one attached hydrogen (secondary N) is 1. The van der Waals surface area contributed by atoms with Gasteiger partial charge in [0.15, 0.2) is 5.78 Å². The van der Waals surface area contributed by atoms with E-state index in [4.69, 9.17) is 27.9 Å². The van der Waals surface area contributed by atoms with Crippen molar-refractivity contribution >= 4 is 35.1 Å². The molecule has 0 aliphatic carbocycles. The predicted octanol–water partition coefficient (Wildman–Crippen LogP) is 5.01. The number of ketones is 1. The second-order valence-corrected chi connectivity index (χ2v) is 7.78. The van der Waals surface area contributed by atoms with Gasteiger partial charge in [0.1, 0.15) is 16.3 Å². The van der Waals surface area contributed by atoms with Crippen LogP contribution in [0.3, 0.4) is 0 Å². The highest BCUT2D eigenvalue weighted by atomic mass is 35.5. The van der Waals surface area contributed by atoms with Crippen molar-refractivity contribution in [2.75, 3.05) is 0 Å². The third kappa shape index (κ3) is 4.96. The molecule has 1 aromatic heterocycles. The summed E-state index contributed by atoms with van der Waals surface area (Å²) in [5.41, 5.74) is -1.23. The number of alkyl carbamates (subject to hydrolysis) is 1. The molecule has 0 saturated carbocycles. The van der Waals surface area contributed by atoms with Gasteiger partial charge in [0.05, 0.1) is 0 Å². The number of halogens is 2. The first-order chi connectivity index (χ1) is 12.0. The van der Waals surface area contributed by atoms with Gasteiger partial charge in [-0.25, -0.2) is 9.78 Å². The van der Waals surface area contributed by atoms with E-state index in [1.807, 2.05) is 0 Å². The predicted molar refractivity (Wildman–Crippen MR) is 102 cm³/mol. The zero-order chi connectivity index (χ0) is 19.5. The van der Waals surface area contributed by atoms with Crippen molar-refractivity contribution in [3.63, 3.8) is 0 Å². The number of hydrogen-bond donors (Lipinski definition) is 1. The molecule has 0 aliphatic rings. The first-order valence-corrected chi connectivity index (χ1v) is 8.70. The highest BCUT2D eigenvalue weighted by molar-refractivity contribution is 6.30. The van der Waals surface area contributed by atoms with Gasteiger partial charge in [-0.1, -0.05) is 29.3 Å². The fraction of sp³-hybridized carbons (Fsp3) is 0.316. The van der Waals surface area contributed by atoms with Crippen LogP contribution < -0.4 is 5.32 Å². The van der Waals surface area contributed by atoms with Crippen LogP contribution in [0.1, 0.15) is 43.6 Å². The zero-order valence-electron chi connectivity index (χ0n) is 15.0. The summed E-state index contributed by atoms with van der Waals surface area (Å²) in [7, 11) is 0. The van der Waals surface area contributed by atoms with E-state index in [0.29, 0.717) is 16.1 Å². The van der Waals surface area contributed by atoms with Gasteiger partial charge in [0, 0.05) is 22.3 Å². The second kappa shape index (κ2) is 7.64. The molecule has 1 N–H and O–H groups in total. The monoisotopic (exact) mass is 394 g/mol. The number of ether oxygens (including phenoxy) is 1. The molecule has 1 heterocycles. The Morgan fingerprint density at radius 3 is 2.12 bits per heavy atom. The Morgan fingerprint density at radius 1 is 1.00 bits per heavy atom. The van der Waals surface area contributed by atoms with Crippen LogP contribution in [0, 0.1) is 0 Å². The lowest BCUT2D eigenvalue weighted by atomic mass is 9.85. The molecule has 0 aliphatic heterocycles. The van der Waals surface area contributed by atoms with Gasteiger partial charge in [-0.15, -0.1) is 0 Å². The van der Waals surface area contributed by atoms with E-state index in [1.165, 1.54) is 6.20 Å². The first kappa shape index (κ1) is 20.2. The average molecular weight is 395 g/mol. The Morgan fingerprint density at radius 2 is 1.62 bits per heavy atom. The Kier molecular flexibility index (Phi) is 5.94. The Labute approximate surface area is 162 Å². The minimum Gasteiger partial charge on any atom is -0.444 e. The van der Waals surface area contributed by atoms with Crippen LogP contribution in [0.5, 0.6) is 0 Å². The molecule has 0 spiro atoms. The van der Waals surface area contributed by atoms with E-state index in [-0.39, 0.29) is 10.9 Å². The molecule has 1 aromatic carbocycles. The molecular formula is C19H20Cl2N2O3. The van der Waals surface area contributed by atoms with Gasteiger partial charge in [0.25, 0.3) is 0 Å². The summed E-state index contributed by atoms with van der Waals surface area (Å²) in [5, 5.41) is 3.47. The largest absolute Gasteiger partial charge is 0.444 e. The topological polar surface area (TPSA) is 68.3 Å². The summed E-state index contributed by atoms with van der Waals surface area (Å²) < 4.78 is 5.31. The van der Waals surface area contributed by atoms with Crippen molar-refractivity contribution in [2.24, 2.45) is 0 Å². The highest BCUT2D eigenvalue weighted by Gasteiger charge is 2.39. The van der Waals surface area contributed by atoms with Gasteiger partial charge in [-0.2, -0.15) is 0 Å². The average Bonchev–Trinajstić information content (AvgIpc) is 2.53. The third-order valence-corrected chi connectivity index (χ3v) is 4.09. The maximum absolute atomic E-state index is 13.2. The van der Waals surface area contributed by atoms with Crippen molar-refractivity contribution in [2.45, 2.75) is 38.8 Å². The Bertz CT molecular complexity index is 799. The molecule has 1 unspecified atom stereocenters. The number of aromatic nitrogens is 1. The molecule has 1 amide bonds. The number of hydrogen-bond acceptors (Lipinski definition) is 4. The fourth-order valence-electron chi connectivity index (χ4n) is 2.33. The number of rotatable bonds is 4. The van der Waals surface area contributed by atoms with Crippen molar-refractivity contribution in [3.05, 3.63) is 63.9 Å². The van der Waals surface area contributed by atoms with Crippen LogP contribution in [-0.4, -0.2) is 22.5 Å². The van der Waals surface area contributed by atoms with E-state index < -0.39 is 17.2 Å². The molecule has 0 fully saturated rings. The lowest BCUT2D eigenvalue weighted by Crippen LogP contribution is -2.51. The lowest BCUT2D eigenvalue weighted by Gasteiger charge is -2.31. The number of nitrogens with zero attached hydrogens (tertiary/aromatic N) is 1. The van der Waals surface area contributed by atoms with Crippen LogP contribution in [0.4, 0.5) is 4.79 Å². The maximum Gasteiger partial charge on any atom is 0.408 e. The summed E-state index contributed by atoms with van der Waals surface area (Å²) in [5.74, 6) is -0.329. The Balaban J connectivity index is 2.43. The summed E-state index contributed by atoms with van der Waals surface area (Å²) in [4.78, 5) is 29.6. The van der Waals surface area contributed by atoms with Gasteiger partial charge < -0.3 is 10.1 Å². The number of pyridine rings is 1. The molecule has 0 bridgehead atoms. The molecule has 26 heavy (non-hydrogen) atoms. The van der Waals surface area contributed by atoms with Crippen molar-refractivity contribution in [3.8, 4) is 0 Å². The van der Waals surface area contributed by atoms with Gasteiger partial charge in [0.2, 0.25) is 0 Å². The molecule has 0 radical (unpaired) electrons. The minimum absolute atomic E-state index is 0.285. The standard InChI is InChI=1S/C19H20Cl2N2O3/c1-18(2,3)26-17(25)23-19(4,13-7-10-15(21)22-11-13)16(24)12-5-8-14(20)9-6-12/h5-11H,1-4H3,(H,23,25). The van der Waals surface area contributed by atoms with Crippen LogP contribution in [0.25, 0.3) is 0 Å². The smallest absolute Gasteiger partial charge is 0.408 e. The van der Waals surface area contributed by atoms with Gasteiger partial charge in [-0.05, 0) is 58.0 Å². The molecule has 2 rings (SSSR count). The van der Waals surface area contributed by atoms with Crippen LogP contribution >= 0.6 is 23.2 Å². The zero-order valence-corrected chi connectivity index (χ0v) is 16.5. The van der Waals surface area contributed by atoms with Crippen molar-refractivity contribution in [1.82, 2.24) is 10.3 Å². The number of Topliss-reactive ketones (excluding diaryl/α,β-unsaturated/α-hetero) is 1. The van der Waals surface area contributed by atoms with E-state index in [2.05, 4.69) is 10.3 Å². The lowest BCUT2D eigenvalue weighted by molar-refractivity contribution is 0.0441. The SMILES string of the molecule is CC(C)(C)OC(=O)NC(C)(C(=O)c1ccc(Cl)cc1)c1ccc(Cl)nc1. The summed E-state index contributed by atoms with van der Waals surface area (Å²) in [6.07, 6.45) is 0.741. The van der Waals surface area contributed by atoms with Crippen molar-refractivity contribution in [1.29, 1.82) is 0 Å². The quantitative estimate of drug-likeness (QED) is 0.584. The second-order valence-electron chi connectivity index (χ2n) is 6.96. The number of amides is 1. The van der Waals surface area contributed by atoms with Crippen molar-refractivity contribution < 1.29 is 14.3 Å². The fourth-order valence-corrected chi connectivity index (χ4v) is 2.57. The molecule has 5 nitrogen and oxygen atoms in total. The summed E-state index contributed by atoms with van der Waals surface area (Å²) in [6.45, 7) is 6.83. The van der Waals surface area contributed by atoms with Crippen LogP contribution in [0.2, 0.25) is 10.2 Å². The summed E-state index contributed by atoms with van der Waals surface area (Å²) >= 11 is 11.7. The maximum atomic E-state index is 13.2. The van der Waals surface area contributed by atoms with E-state index in [9.17, 15) is 9.59 Å². The van der Waals surface area contributed by atoms with Crippen LogP contribution in [-0.2, 0) is 10.3 Å². The number of benzene rings is 1. The molecule has 2 aromatic rings. The molecular weight excluding hydrogens is 375 g/mol. The molecule has 7 heteroatoms. The first-order valence-electron chi connectivity index (χ1n) is 7.95. The third-order valence-electron chi connectivity index (χ3n) is 3.62. The van der Waals surface area contributed by atoms with E-state index >= 15 is 0 Å². The summed E-state index contributed by atoms with van der Waals surface area (Å²) in [6, 6.07) is 9.62. The normalized spacial score (nSPS) is 13.6. The van der Waals surface area contributed by atoms with E-state index in [1.54, 1.807) is 64.1 Å². The van der Waals surface area contributed by atoms with Crippen LogP contribution in [0.15, 0.2) is 42.6 Å².